The van der Waals surface area contributed by atoms with Gasteiger partial charge in [0.2, 0.25) is 15.9 Å². The van der Waals surface area contributed by atoms with E-state index in [2.05, 4.69) is 0 Å². The minimum absolute atomic E-state index is 0.0574. The average Bonchev–Trinajstić information content (AvgIpc) is 3.23. The number of hydrogen-bond acceptors (Lipinski definition) is 7. The Morgan fingerprint density at radius 3 is 2.47 bits per heavy atom. The van der Waals surface area contributed by atoms with Crippen molar-refractivity contribution in [1.29, 1.82) is 0 Å². The number of nitrogens with zero attached hydrogens (tertiary/aromatic N) is 2. The molecule has 0 unspecified atom stereocenters. The van der Waals surface area contributed by atoms with Crippen molar-refractivity contribution in [2.75, 3.05) is 27.3 Å². The summed E-state index contributed by atoms with van der Waals surface area (Å²) < 4.78 is 37.7. The molecule has 0 atom stereocenters. The zero-order chi connectivity index (χ0) is 23.3. The molecule has 0 bridgehead atoms. The van der Waals surface area contributed by atoms with Gasteiger partial charge in [-0.2, -0.15) is 4.31 Å². The highest BCUT2D eigenvalue weighted by Crippen LogP contribution is 2.28. The number of esters is 1. The molecule has 2 aromatic carbocycles. The molecule has 0 aromatic heterocycles. The summed E-state index contributed by atoms with van der Waals surface area (Å²) in [6.07, 6.45) is 0.866. The van der Waals surface area contributed by atoms with Crippen LogP contribution in [0.2, 0.25) is 0 Å². The zero-order valence-electron chi connectivity index (χ0n) is 17.8. The SMILES string of the molecule is COc1ccc(C(=O)OCC(=O)N2CCCC2=O)cc1S(=O)(=O)N(C)Cc1ccccc1. The molecule has 3 rings (SSSR count). The predicted octanol–water partition coefficient (Wildman–Crippen LogP) is 1.82. The molecular formula is C22H24N2O7S. The van der Waals surface area contributed by atoms with E-state index in [0.717, 1.165) is 20.8 Å². The first-order chi connectivity index (χ1) is 15.2. The second-order valence-corrected chi connectivity index (χ2v) is 9.24. The third-order valence-corrected chi connectivity index (χ3v) is 6.86. The first-order valence-electron chi connectivity index (χ1n) is 9.92. The topological polar surface area (TPSA) is 110 Å². The van der Waals surface area contributed by atoms with Crippen molar-refractivity contribution in [1.82, 2.24) is 9.21 Å². The molecule has 0 aliphatic carbocycles. The van der Waals surface area contributed by atoms with Crippen molar-refractivity contribution < 1.29 is 32.3 Å². The fraction of sp³-hybridized carbons (Fsp3) is 0.318. The Labute approximate surface area is 186 Å². The largest absolute Gasteiger partial charge is 0.495 e. The van der Waals surface area contributed by atoms with E-state index in [4.69, 9.17) is 9.47 Å². The van der Waals surface area contributed by atoms with Gasteiger partial charge in [-0.3, -0.25) is 14.5 Å². The molecule has 0 spiro atoms. The van der Waals surface area contributed by atoms with Crippen LogP contribution in [0.4, 0.5) is 0 Å². The number of methoxy groups -OCH3 is 1. The van der Waals surface area contributed by atoms with E-state index >= 15 is 0 Å². The van der Waals surface area contributed by atoms with Crippen molar-refractivity contribution >= 4 is 27.8 Å². The normalized spacial score (nSPS) is 14.0. The summed E-state index contributed by atoms with van der Waals surface area (Å²) in [5.41, 5.74) is 0.737. The van der Waals surface area contributed by atoms with E-state index in [9.17, 15) is 22.8 Å². The number of hydrogen-bond donors (Lipinski definition) is 0. The third kappa shape index (κ3) is 5.14. The van der Waals surface area contributed by atoms with Gasteiger partial charge in [0.05, 0.1) is 12.7 Å². The van der Waals surface area contributed by atoms with Gasteiger partial charge in [-0.1, -0.05) is 30.3 Å². The second kappa shape index (κ2) is 9.92. The van der Waals surface area contributed by atoms with Crippen LogP contribution in [-0.2, 0) is 30.9 Å². The van der Waals surface area contributed by atoms with Crippen LogP contribution in [0.3, 0.4) is 0 Å². The minimum Gasteiger partial charge on any atom is -0.495 e. The summed E-state index contributed by atoms with van der Waals surface area (Å²) in [4.78, 5) is 37.0. The van der Waals surface area contributed by atoms with Crippen LogP contribution in [0.15, 0.2) is 53.4 Å². The van der Waals surface area contributed by atoms with Gasteiger partial charge in [-0.05, 0) is 30.2 Å². The maximum Gasteiger partial charge on any atom is 0.338 e. The molecule has 2 amide bonds. The van der Waals surface area contributed by atoms with Crippen LogP contribution in [-0.4, -0.2) is 62.7 Å². The van der Waals surface area contributed by atoms with Gasteiger partial charge >= 0.3 is 5.97 Å². The van der Waals surface area contributed by atoms with Crippen LogP contribution in [0.25, 0.3) is 0 Å². The number of carbonyl (C=O) groups excluding carboxylic acids is 3. The molecule has 32 heavy (non-hydrogen) atoms. The fourth-order valence-electron chi connectivity index (χ4n) is 3.30. The molecule has 1 aliphatic rings. The van der Waals surface area contributed by atoms with Crippen LogP contribution < -0.4 is 4.74 Å². The fourth-order valence-corrected chi connectivity index (χ4v) is 4.64. The number of imide groups is 1. The van der Waals surface area contributed by atoms with E-state index in [-0.39, 0.29) is 35.1 Å². The van der Waals surface area contributed by atoms with Crippen molar-refractivity contribution in [3.05, 3.63) is 59.7 Å². The number of amides is 2. The lowest BCUT2D eigenvalue weighted by Crippen LogP contribution is -2.35. The minimum atomic E-state index is -4.01. The van der Waals surface area contributed by atoms with E-state index in [0.29, 0.717) is 13.0 Å². The van der Waals surface area contributed by atoms with Gasteiger partial charge < -0.3 is 9.47 Å². The molecule has 2 aromatic rings. The maximum absolute atomic E-state index is 13.2. The lowest BCUT2D eigenvalue weighted by Gasteiger charge is -2.19. The third-order valence-electron chi connectivity index (χ3n) is 5.04. The Bertz CT molecular complexity index is 1120. The molecule has 1 heterocycles. The molecule has 170 valence electrons. The molecule has 0 radical (unpaired) electrons. The molecule has 0 saturated carbocycles. The van der Waals surface area contributed by atoms with Crippen LogP contribution >= 0.6 is 0 Å². The Morgan fingerprint density at radius 1 is 1.12 bits per heavy atom. The van der Waals surface area contributed by atoms with Gasteiger partial charge in [0, 0.05) is 26.6 Å². The predicted molar refractivity (Wildman–Crippen MR) is 114 cm³/mol. The highest BCUT2D eigenvalue weighted by Gasteiger charge is 2.29. The van der Waals surface area contributed by atoms with Crippen molar-refractivity contribution in [2.24, 2.45) is 0 Å². The Morgan fingerprint density at radius 2 is 1.84 bits per heavy atom. The van der Waals surface area contributed by atoms with E-state index < -0.39 is 28.5 Å². The summed E-state index contributed by atoms with van der Waals surface area (Å²) in [6.45, 7) is -0.181. The monoisotopic (exact) mass is 460 g/mol. The standard InChI is InChI=1S/C22H24N2O7S/c1-23(14-16-7-4-3-5-8-16)32(28,29)19-13-17(10-11-18(19)30-2)22(27)31-15-21(26)24-12-6-9-20(24)25/h3-5,7-8,10-11,13H,6,9,12,14-15H2,1-2H3. The average molecular weight is 461 g/mol. The zero-order valence-corrected chi connectivity index (χ0v) is 18.6. The summed E-state index contributed by atoms with van der Waals surface area (Å²) in [5.74, 6) is -1.72. The second-order valence-electron chi connectivity index (χ2n) is 7.23. The van der Waals surface area contributed by atoms with Crippen molar-refractivity contribution in [3.63, 3.8) is 0 Å². The Balaban J connectivity index is 1.77. The molecule has 10 heteroatoms. The summed E-state index contributed by atoms with van der Waals surface area (Å²) in [5, 5.41) is 0. The lowest BCUT2D eigenvalue weighted by atomic mass is 10.2. The highest BCUT2D eigenvalue weighted by atomic mass is 32.2. The van der Waals surface area contributed by atoms with E-state index in [1.807, 2.05) is 18.2 Å². The van der Waals surface area contributed by atoms with Crippen LogP contribution in [0, 0.1) is 0 Å². The van der Waals surface area contributed by atoms with Gasteiger partial charge in [0.15, 0.2) is 6.61 Å². The highest BCUT2D eigenvalue weighted by molar-refractivity contribution is 7.89. The van der Waals surface area contributed by atoms with Gasteiger partial charge in [-0.25, -0.2) is 13.2 Å². The summed E-state index contributed by atoms with van der Waals surface area (Å²) >= 11 is 0. The number of benzene rings is 2. The number of sulfonamides is 1. The van der Waals surface area contributed by atoms with Gasteiger partial charge in [0.1, 0.15) is 10.6 Å². The summed E-state index contributed by atoms with van der Waals surface area (Å²) in [6, 6.07) is 12.9. The molecule has 1 aliphatic heterocycles. The number of likely N-dealkylation sites (tertiary alicyclic amines) is 1. The smallest absolute Gasteiger partial charge is 0.338 e. The van der Waals surface area contributed by atoms with Gasteiger partial charge in [-0.15, -0.1) is 0 Å². The summed E-state index contributed by atoms with van der Waals surface area (Å²) in [7, 11) is -1.25. The van der Waals surface area contributed by atoms with Crippen LogP contribution in [0.1, 0.15) is 28.8 Å². The molecule has 9 nitrogen and oxygen atoms in total. The lowest BCUT2D eigenvalue weighted by molar-refractivity contribution is -0.143. The van der Waals surface area contributed by atoms with E-state index in [1.54, 1.807) is 12.1 Å². The van der Waals surface area contributed by atoms with E-state index in [1.165, 1.54) is 26.3 Å². The van der Waals surface area contributed by atoms with Crippen LogP contribution in [0.5, 0.6) is 5.75 Å². The number of rotatable bonds is 8. The number of carbonyl (C=O) groups is 3. The first-order valence-corrected chi connectivity index (χ1v) is 11.4. The van der Waals surface area contributed by atoms with Gasteiger partial charge in [0.25, 0.3) is 5.91 Å². The quantitative estimate of drug-likeness (QED) is 0.553. The van der Waals surface area contributed by atoms with Crippen molar-refractivity contribution in [2.45, 2.75) is 24.3 Å². The first kappa shape index (κ1) is 23.4. The van der Waals surface area contributed by atoms with Crippen molar-refractivity contribution in [3.8, 4) is 5.75 Å². The molecule has 1 saturated heterocycles. The number of ether oxygens (including phenoxy) is 2. The molecular weight excluding hydrogens is 436 g/mol. The molecule has 0 N–H and O–H groups in total. The Kier molecular flexibility index (Phi) is 7.26. The maximum atomic E-state index is 13.2. The molecule has 1 fully saturated rings. The Hall–Kier alpha value is -3.24.